The van der Waals surface area contributed by atoms with Crippen molar-refractivity contribution in [2.45, 2.75) is 13.5 Å². The predicted octanol–water partition coefficient (Wildman–Crippen LogP) is 3.08. The van der Waals surface area contributed by atoms with Crippen molar-refractivity contribution in [1.82, 2.24) is 15.5 Å². The van der Waals surface area contributed by atoms with Gasteiger partial charge in [0.15, 0.2) is 0 Å². The maximum Gasteiger partial charge on any atom is 0.148 e. The third-order valence-electron chi connectivity index (χ3n) is 2.10. The second-order valence-electron chi connectivity index (χ2n) is 3.26. The smallest absolute Gasteiger partial charge is 0.148 e. The minimum Gasteiger partial charge on any atom is -0.311 e. The second kappa shape index (κ2) is 5.52. The summed E-state index contributed by atoms with van der Waals surface area (Å²) in [6.45, 7) is 3.82. The summed E-state index contributed by atoms with van der Waals surface area (Å²) in [6, 6.07) is 8.06. The highest BCUT2D eigenvalue weighted by Gasteiger charge is 2.08. The normalized spacial score (nSPS) is 10.6. The lowest BCUT2D eigenvalue weighted by molar-refractivity contribution is 0.715. The molecule has 0 atom stereocenters. The lowest BCUT2D eigenvalue weighted by Crippen LogP contribution is -2.11. The molecular formula is C11H12BrN3S. The van der Waals surface area contributed by atoms with Crippen molar-refractivity contribution in [3.8, 4) is 10.6 Å². The third kappa shape index (κ3) is 2.66. The molecule has 0 fully saturated rings. The largest absolute Gasteiger partial charge is 0.311 e. The van der Waals surface area contributed by atoms with Crippen LogP contribution in [0.5, 0.6) is 0 Å². The van der Waals surface area contributed by atoms with Gasteiger partial charge in [-0.2, -0.15) is 0 Å². The van der Waals surface area contributed by atoms with Crippen LogP contribution in [-0.2, 0) is 6.54 Å². The molecule has 0 aliphatic rings. The molecular weight excluding hydrogens is 286 g/mol. The number of hydrogen-bond acceptors (Lipinski definition) is 4. The van der Waals surface area contributed by atoms with Crippen LogP contribution < -0.4 is 5.32 Å². The van der Waals surface area contributed by atoms with Gasteiger partial charge in [0, 0.05) is 16.6 Å². The van der Waals surface area contributed by atoms with E-state index < -0.39 is 0 Å². The van der Waals surface area contributed by atoms with Crippen LogP contribution >= 0.6 is 27.3 Å². The maximum absolute atomic E-state index is 4.20. The Labute approximate surface area is 107 Å². The molecule has 2 aromatic rings. The Morgan fingerprint density at radius 3 is 2.88 bits per heavy atom. The molecule has 0 saturated carbocycles. The standard InChI is InChI=1S/C11H12BrN3S/c1-2-13-7-10-14-15-11(16-10)8-5-3-4-6-9(8)12/h3-6,13H,2,7H2,1H3. The Balaban J connectivity index is 2.22. The molecule has 0 amide bonds. The van der Waals surface area contributed by atoms with Crippen LogP contribution in [0.2, 0.25) is 0 Å². The van der Waals surface area contributed by atoms with Gasteiger partial charge in [0.2, 0.25) is 0 Å². The number of aromatic nitrogens is 2. The van der Waals surface area contributed by atoms with Gasteiger partial charge in [-0.3, -0.25) is 0 Å². The molecule has 3 nitrogen and oxygen atoms in total. The molecule has 1 N–H and O–H groups in total. The van der Waals surface area contributed by atoms with Crippen molar-refractivity contribution >= 4 is 27.3 Å². The molecule has 16 heavy (non-hydrogen) atoms. The Morgan fingerprint density at radius 2 is 2.12 bits per heavy atom. The molecule has 2 rings (SSSR count). The fraction of sp³-hybridized carbons (Fsp3) is 0.273. The number of nitrogens with zero attached hydrogens (tertiary/aromatic N) is 2. The van der Waals surface area contributed by atoms with E-state index >= 15 is 0 Å². The van der Waals surface area contributed by atoms with E-state index in [4.69, 9.17) is 0 Å². The fourth-order valence-corrected chi connectivity index (χ4v) is 2.75. The number of benzene rings is 1. The average molecular weight is 298 g/mol. The van der Waals surface area contributed by atoms with Gasteiger partial charge in [0.1, 0.15) is 10.0 Å². The summed E-state index contributed by atoms with van der Waals surface area (Å²) in [7, 11) is 0. The van der Waals surface area contributed by atoms with Crippen LogP contribution in [-0.4, -0.2) is 16.7 Å². The van der Waals surface area contributed by atoms with E-state index in [9.17, 15) is 0 Å². The fourth-order valence-electron chi connectivity index (χ4n) is 1.30. The van der Waals surface area contributed by atoms with Crippen LogP contribution in [0.1, 0.15) is 11.9 Å². The van der Waals surface area contributed by atoms with Gasteiger partial charge in [-0.05, 0) is 12.6 Å². The SMILES string of the molecule is CCNCc1nnc(-c2ccccc2Br)s1. The Bertz CT molecular complexity index is 470. The van der Waals surface area contributed by atoms with E-state index in [0.29, 0.717) is 0 Å². The number of halogens is 1. The van der Waals surface area contributed by atoms with Crippen molar-refractivity contribution in [1.29, 1.82) is 0 Å². The first kappa shape index (κ1) is 11.7. The van der Waals surface area contributed by atoms with E-state index in [1.165, 1.54) is 0 Å². The summed E-state index contributed by atoms with van der Waals surface area (Å²) in [6.07, 6.45) is 0. The first-order chi connectivity index (χ1) is 7.81. The molecule has 1 heterocycles. The molecule has 5 heteroatoms. The van der Waals surface area contributed by atoms with E-state index in [1.54, 1.807) is 11.3 Å². The van der Waals surface area contributed by atoms with Gasteiger partial charge in [-0.15, -0.1) is 10.2 Å². The molecule has 0 saturated heterocycles. The van der Waals surface area contributed by atoms with Crippen LogP contribution in [0.3, 0.4) is 0 Å². The Kier molecular flexibility index (Phi) is 4.04. The van der Waals surface area contributed by atoms with Gasteiger partial charge in [-0.25, -0.2) is 0 Å². The summed E-state index contributed by atoms with van der Waals surface area (Å²) >= 11 is 5.14. The number of nitrogens with one attached hydrogen (secondary N) is 1. The molecule has 84 valence electrons. The van der Waals surface area contributed by atoms with Crippen LogP contribution in [0, 0.1) is 0 Å². The highest BCUT2D eigenvalue weighted by atomic mass is 79.9. The van der Waals surface area contributed by atoms with E-state index in [0.717, 1.165) is 33.1 Å². The molecule has 1 aromatic carbocycles. The first-order valence-electron chi connectivity index (χ1n) is 5.09. The van der Waals surface area contributed by atoms with Crippen LogP contribution in [0.25, 0.3) is 10.6 Å². The van der Waals surface area contributed by atoms with Gasteiger partial charge in [0.05, 0.1) is 0 Å². The van der Waals surface area contributed by atoms with Crippen molar-refractivity contribution < 1.29 is 0 Å². The monoisotopic (exact) mass is 297 g/mol. The topological polar surface area (TPSA) is 37.8 Å². The van der Waals surface area contributed by atoms with Gasteiger partial charge >= 0.3 is 0 Å². The highest BCUT2D eigenvalue weighted by Crippen LogP contribution is 2.29. The lowest BCUT2D eigenvalue weighted by atomic mass is 10.2. The molecule has 1 aromatic heterocycles. The van der Waals surface area contributed by atoms with Gasteiger partial charge < -0.3 is 5.32 Å². The minimum absolute atomic E-state index is 0.790. The van der Waals surface area contributed by atoms with E-state index in [1.807, 2.05) is 24.3 Å². The number of rotatable bonds is 4. The van der Waals surface area contributed by atoms with Crippen molar-refractivity contribution in [2.24, 2.45) is 0 Å². The Hall–Kier alpha value is -0.780. The van der Waals surface area contributed by atoms with Gasteiger partial charge in [-0.1, -0.05) is 52.4 Å². The molecule has 0 aliphatic heterocycles. The quantitative estimate of drug-likeness (QED) is 0.942. The van der Waals surface area contributed by atoms with E-state index in [-0.39, 0.29) is 0 Å². The summed E-state index contributed by atoms with van der Waals surface area (Å²) in [4.78, 5) is 0. The summed E-state index contributed by atoms with van der Waals surface area (Å²) in [5, 5.41) is 13.6. The lowest BCUT2D eigenvalue weighted by Gasteiger charge is -1.97. The van der Waals surface area contributed by atoms with Crippen molar-refractivity contribution in [2.75, 3.05) is 6.54 Å². The molecule has 0 radical (unpaired) electrons. The van der Waals surface area contributed by atoms with Crippen LogP contribution in [0.15, 0.2) is 28.7 Å². The molecule has 0 unspecified atom stereocenters. The number of hydrogen-bond donors (Lipinski definition) is 1. The second-order valence-corrected chi connectivity index (χ2v) is 5.18. The Morgan fingerprint density at radius 1 is 1.31 bits per heavy atom. The van der Waals surface area contributed by atoms with Crippen molar-refractivity contribution in [3.63, 3.8) is 0 Å². The minimum atomic E-state index is 0.790. The average Bonchev–Trinajstić information content (AvgIpc) is 2.75. The first-order valence-corrected chi connectivity index (χ1v) is 6.70. The maximum atomic E-state index is 4.20. The zero-order valence-corrected chi connectivity index (χ0v) is 11.3. The zero-order chi connectivity index (χ0) is 11.4. The highest BCUT2D eigenvalue weighted by molar-refractivity contribution is 9.10. The van der Waals surface area contributed by atoms with Crippen molar-refractivity contribution in [3.05, 3.63) is 33.7 Å². The van der Waals surface area contributed by atoms with E-state index in [2.05, 4.69) is 38.4 Å². The van der Waals surface area contributed by atoms with Gasteiger partial charge in [0.25, 0.3) is 0 Å². The van der Waals surface area contributed by atoms with Crippen LogP contribution in [0.4, 0.5) is 0 Å². The summed E-state index contributed by atoms with van der Waals surface area (Å²) in [5.41, 5.74) is 1.10. The predicted molar refractivity (Wildman–Crippen MR) is 70.4 cm³/mol. The molecule has 0 spiro atoms. The summed E-state index contributed by atoms with van der Waals surface area (Å²) in [5.74, 6) is 0. The summed E-state index contributed by atoms with van der Waals surface area (Å²) < 4.78 is 1.06. The zero-order valence-electron chi connectivity index (χ0n) is 8.90. The molecule has 0 bridgehead atoms. The third-order valence-corrected chi connectivity index (χ3v) is 3.75. The molecule has 0 aliphatic carbocycles.